The average molecular weight is 682 g/mol. The minimum atomic E-state index is 0.945. The Hall–Kier alpha value is -6.44. The summed E-state index contributed by atoms with van der Waals surface area (Å²) in [6, 6.07) is 72.7. The minimum Gasteiger partial charge on any atom is -0.310 e. The third-order valence-corrected chi connectivity index (χ3v) is 10.3. The van der Waals surface area contributed by atoms with Gasteiger partial charge in [-0.15, -0.1) is 0 Å². The molecule has 0 unspecified atom stereocenters. The highest BCUT2D eigenvalue weighted by molar-refractivity contribution is 6.00. The molecule has 256 valence electrons. The van der Waals surface area contributed by atoms with E-state index >= 15 is 0 Å². The molecule has 53 heavy (non-hydrogen) atoms. The zero-order chi connectivity index (χ0) is 36.0. The lowest BCUT2D eigenvalue weighted by Gasteiger charge is -2.27. The molecule has 0 N–H and O–H groups in total. The van der Waals surface area contributed by atoms with Crippen LogP contribution in [0.3, 0.4) is 0 Å². The summed E-state index contributed by atoms with van der Waals surface area (Å²) in [6.07, 6.45) is 1.95. The van der Waals surface area contributed by atoms with Crippen molar-refractivity contribution in [3.05, 3.63) is 211 Å². The quantitative estimate of drug-likeness (QED) is 0.139. The van der Waals surface area contributed by atoms with E-state index in [9.17, 15) is 0 Å². The van der Waals surface area contributed by atoms with Crippen LogP contribution >= 0.6 is 0 Å². The maximum atomic E-state index is 2.40. The molecule has 0 aliphatic heterocycles. The first-order chi connectivity index (χ1) is 26.2. The normalized spacial score (nSPS) is 11.0. The van der Waals surface area contributed by atoms with Crippen LogP contribution in [-0.2, 0) is 12.8 Å². The van der Waals surface area contributed by atoms with Crippen LogP contribution in [0.4, 0.5) is 17.1 Å². The Bertz CT molecular complexity index is 2460. The third kappa shape index (κ3) is 6.82. The summed E-state index contributed by atoms with van der Waals surface area (Å²) in [5, 5.41) is 0. The molecule has 8 aromatic rings. The summed E-state index contributed by atoms with van der Waals surface area (Å²) >= 11 is 0. The largest absolute Gasteiger partial charge is 0.310 e. The lowest BCUT2D eigenvalue weighted by Crippen LogP contribution is -2.10. The van der Waals surface area contributed by atoms with Gasteiger partial charge in [0.15, 0.2) is 0 Å². The molecule has 0 saturated carbocycles. The molecule has 0 aliphatic carbocycles. The molecule has 0 bridgehead atoms. The number of hydrogen-bond acceptors (Lipinski definition) is 1. The fourth-order valence-electron chi connectivity index (χ4n) is 7.71. The number of para-hydroxylation sites is 1. The Morgan fingerprint density at radius 3 is 1.43 bits per heavy atom. The van der Waals surface area contributed by atoms with Crippen LogP contribution in [0.2, 0.25) is 0 Å². The molecule has 0 aliphatic rings. The van der Waals surface area contributed by atoms with Crippen LogP contribution in [0.25, 0.3) is 55.6 Å². The van der Waals surface area contributed by atoms with E-state index in [4.69, 9.17) is 0 Å². The van der Waals surface area contributed by atoms with E-state index in [1.54, 1.807) is 0 Å². The maximum absolute atomic E-state index is 2.40. The van der Waals surface area contributed by atoms with Gasteiger partial charge in [0.05, 0.1) is 0 Å². The van der Waals surface area contributed by atoms with Gasteiger partial charge in [0.1, 0.15) is 0 Å². The van der Waals surface area contributed by atoms with E-state index in [0.717, 1.165) is 29.9 Å². The van der Waals surface area contributed by atoms with Crippen LogP contribution in [0.1, 0.15) is 25.0 Å². The number of aryl methyl sites for hydroxylation is 2. The summed E-state index contributed by atoms with van der Waals surface area (Å²) in [7, 11) is 0. The van der Waals surface area contributed by atoms with Crippen molar-refractivity contribution in [2.75, 3.05) is 4.90 Å². The molecule has 0 fully saturated rings. The molecule has 8 rings (SSSR count). The van der Waals surface area contributed by atoms with Crippen LogP contribution in [0.15, 0.2) is 200 Å². The molecule has 0 atom stereocenters. The Morgan fingerprint density at radius 2 is 0.755 bits per heavy atom. The third-order valence-electron chi connectivity index (χ3n) is 10.3. The van der Waals surface area contributed by atoms with Crippen molar-refractivity contribution in [2.24, 2.45) is 0 Å². The van der Waals surface area contributed by atoms with Gasteiger partial charge in [-0.2, -0.15) is 0 Å². The summed E-state index contributed by atoms with van der Waals surface area (Å²) < 4.78 is 0. The van der Waals surface area contributed by atoms with Crippen molar-refractivity contribution in [1.29, 1.82) is 0 Å². The van der Waals surface area contributed by atoms with Crippen molar-refractivity contribution >= 4 is 17.1 Å². The second kappa shape index (κ2) is 15.4. The number of nitrogens with zero attached hydrogens (tertiary/aromatic N) is 1. The molecule has 8 aromatic carbocycles. The highest BCUT2D eigenvalue weighted by Gasteiger charge is 2.20. The zero-order valence-electron chi connectivity index (χ0n) is 30.4. The van der Waals surface area contributed by atoms with Gasteiger partial charge in [-0.1, -0.05) is 178 Å². The number of rotatable bonds is 10. The van der Waals surface area contributed by atoms with Gasteiger partial charge in [0, 0.05) is 17.1 Å². The smallest absolute Gasteiger partial charge is 0.0467 e. The number of benzene rings is 8. The molecule has 0 aromatic heterocycles. The summed E-state index contributed by atoms with van der Waals surface area (Å²) in [5.41, 5.74) is 18.4. The van der Waals surface area contributed by atoms with Crippen LogP contribution in [0.5, 0.6) is 0 Å². The lowest BCUT2D eigenvalue weighted by molar-refractivity contribution is 1.11. The Balaban J connectivity index is 1.31. The molecular weight excluding hydrogens is 639 g/mol. The van der Waals surface area contributed by atoms with Crippen molar-refractivity contribution < 1.29 is 0 Å². The molecule has 1 nitrogen and oxygen atoms in total. The van der Waals surface area contributed by atoms with Gasteiger partial charge in [0.25, 0.3) is 0 Å². The standard InChI is InChI=1S/C52H43N/c1-3-38-20-14-15-29-46(38)48-35-34-45(36-39(48)4-2)53(43-26-12-7-13-27-43)44-28-18-25-42(37-44)50-33-19-32-49(41-23-10-6-11-24-41)52(50)51-31-17-16-30-47(51)40-21-8-5-9-22-40/h5-37H,3-4H2,1-2H3. The van der Waals surface area contributed by atoms with E-state index in [0.29, 0.717) is 0 Å². The Labute approximate surface area is 314 Å². The minimum absolute atomic E-state index is 0.945. The molecule has 0 spiro atoms. The van der Waals surface area contributed by atoms with Crippen LogP contribution in [0, 0.1) is 0 Å². The van der Waals surface area contributed by atoms with Gasteiger partial charge < -0.3 is 4.90 Å². The van der Waals surface area contributed by atoms with E-state index in [-0.39, 0.29) is 0 Å². The summed E-state index contributed by atoms with van der Waals surface area (Å²) in [6.45, 7) is 4.50. The highest BCUT2D eigenvalue weighted by atomic mass is 15.1. The van der Waals surface area contributed by atoms with Gasteiger partial charge in [-0.25, -0.2) is 0 Å². The van der Waals surface area contributed by atoms with E-state index in [2.05, 4.69) is 219 Å². The van der Waals surface area contributed by atoms with Crippen molar-refractivity contribution in [2.45, 2.75) is 26.7 Å². The topological polar surface area (TPSA) is 3.24 Å². The second-order valence-corrected chi connectivity index (χ2v) is 13.4. The Kier molecular flexibility index (Phi) is 9.81. The number of hydrogen-bond donors (Lipinski definition) is 0. The van der Waals surface area contributed by atoms with Gasteiger partial charge in [-0.05, 0) is 116 Å². The highest BCUT2D eigenvalue weighted by Crippen LogP contribution is 2.45. The lowest BCUT2D eigenvalue weighted by atomic mass is 9.84. The molecule has 0 heterocycles. The van der Waals surface area contributed by atoms with E-state index in [1.165, 1.54) is 66.8 Å². The number of anilines is 3. The first kappa shape index (κ1) is 33.7. The van der Waals surface area contributed by atoms with Crippen molar-refractivity contribution in [3.8, 4) is 55.6 Å². The second-order valence-electron chi connectivity index (χ2n) is 13.4. The zero-order valence-corrected chi connectivity index (χ0v) is 30.4. The van der Waals surface area contributed by atoms with Gasteiger partial charge in [0.2, 0.25) is 0 Å². The first-order valence-electron chi connectivity index (χ1n) is 18.7. The van der Waals surface area contributed by atoms with E-state index < -0.39 is 0 Å². The molecule has 0 saturated heterocycles. The monoisotopic (exact) mass is 681 g/mol. The fourth-order valence-corrected chi connectivity index (χ4v) is 7.71. The van der Waals surface area contributed by atoms with Crippen LogP contribution in [-0.4, -0.2) is 0 Å². The van der Waals surface area contributed by atoms with Gasteiger partial charge in [-0.3, -0.25) is 0 Å². The van der Waals surface area contributed by atoms with Crippen molar-refractivity contribution in [3.63, 3.8) is 0 Å². The van der Waals surface area contributed by atoms with Gasteiger partial charge >= 0.3 is 0 Å². The Morgan fingerprint density at radius 1 is 0.302 bits per heavy atom. The predicted octanol–water partition coefficient (Wildman–Crippen LogP) is 14.6. The molecule has 1 heteroatoms. The molecule has 0 radical (unpaired) electrons. The molecule has 0 amide bonds. The molecular formula is C52H43N. The summed E-state index contributed by atoms with van der Waals surface area (Å²) in [4.78, 5) is 2.40. The maximum Gasteiger partial charge on any atom is 0.0467 e. The average Bonchev–Trinajstić information content (AvgIpc) is 3.24. The predicted molar refractivity (Wildman–Crippen MR) is 227 cm³/mol. The van der Waals surface area contributed by atoms with Crippen LogP contribution < -0.4 is 4.90 Å². The summed E-state index contributed by atoms with van der Waals surface area (Å²) in [5.74, 6) is 0. The SMILES string of the molecule is CCc1ccccc1-c1ccc(N(c2ccccc2)c2cccc(-c3cccc(-c4ccccc4)c3-c3ccccc3-c3ccccc3)c2)cc1CC. The first-order valence-corrected chi connectivity index (χ1v) is 18.7. The van der Waals surface area contributed by atoms with Crippen molar-refractivity contribution in [1.82, 2.24) is 0 Å². The fraction of sp³-hybridized carbons (Fsp3) is 0.0769. The van der Waals surface area contributed by atoms with E-state index in [1.807, 2.05) is 0 Å².